The van der Waals surface area contributed by atoms with Gasteiger partial charge < -0.3 is 14.5 Å². The number of esters is 1. The summed E-state index contributed by atoms with van der Waals surface area (Å²) in [6.07, 6.45) is 0. The molecular weight excluding hydrogens is 468 g/mol. The van der Waals surface area contributed by atoms with Gasteiger partial charge in [0.2, 0.25) is 10.0 Å². The highest BCUT2D eigenvalue weighted by Crippen LogP contribution is 2.23. The zero-order valence-corrected chi connectivity index (χ0v) is 19.6. The molecule has 3 rings (SSSR count). The van der Waals surface area contributed by atoms with Crippen molar-refractivity contribution in [1.82, 2.24) is 10.0 Å². The first-order chi connectivity index (χ1) is 15.6. The van der Waals surface area contributed by atoms with Crippen LogP contribution in [0.5, 0.6) is 0 Å². The first-order valence-electron chi connectivity index (χ1n) is 9.98. The van der Waals surface area contributed by atoms with Gasteiger partial charge in [0.25, 0.3) is 5.91 Å². The standard InChI is InChI=1S/C23H23ClN2O6S/c1-15-3-9-20(11-16(15)2)33(29,30)26-13-23(28)31-14-22(27)25-12-19-8-10-21(32-19)17-4-6-18(24)7-5-17/h3-11,26H,12-14H2,1-2H3,(H,25,27). The Labute approximate surface area is 196 Å². The van der Waals surface area contributed by atoms with Gasteiger partial charge in [-0.2, -0.15) is 4.72 Å². The van der Waals surface area contributed by atoms with E-state index in [2.05, 4.69) is 10.0 Å². The van der Waals surface area contributed by atoms with Gasteiger partial charge in [0.05, 0.1) is 11.4 Å². The monoisotopic (exact) mass is 490 g/mol. The third-order valence-electron chi connectivity index (χ3n) is 4.81. The molecule has 0 bridgehead atoms. The largest absolute Gasteiger partial charge is 0.459 e. The Bertz CT molecular complexity index is 1250. The smallest absolute Gasteiger partial charge is 0.321 e. The Morgan fingerprint density at radius 3 is 2.42 bits per heavy atom. The number of benzene rings is 2. The molecular formula is C23H23ClN2O6S. The Morgan fingerprint density at radius 2 is 1.73 bits per heavy atom. The summed E-state index contributed by atoms with van der Waals surface area (Å²) >= 11 is 5.87. The lowest BCUT2D eigenvalue weighted by Gasteiger charge is -2.09. The number of carbonyl (C=O) groups is 2. The molecule has 0 unspecified atom stereocenters. The van der Waals surface area contributed by atoms with Crippen molar-refractivity contribution in [3.63, 3.8) is 0 Å². The predicted octanol–water partition coefficient (Wildman–Crippen LogP) is 3.35. The molecule has 0 spiro atoms. The fraction of sp³-hybridized carbons (Fsp3) is 0.217. The fourth-order valence-corrected chi connectivity index (χ4v) is 3.97. The second-order valence-electron chi connectivity index (χ2n) is 7.28. The van der Waals surface area contributed by atoms with Crippen LogP contribution in [0.2, 0.25) is 5.02 Å². The first-order valence-corrected chi connectivity index (χ1v) is 11.8. The van der Waals surface area contributed by atoms with Crippen LogP contribution >= 0.6 is 11.6 Å². The van der Waals surface area contributed by atoms with Gasteiger partial charge >= 0.3 is 5.97 Å². The predicted molar refractivity (Wildman–Crippen MR) is 123 cm³/mol. The number of furan rings is 1. The number of nitrogens with one attached hydrogen (secondary N) is 2. The number of rotatable bonds is 9. The molecule has 0 aliphatic heterocycles. The number of hydrogen-bond acceptors (Lipinski definition) is 6. The van der Waals surface area contributed by atoms with Crippen LogP contribution in [0.4, 0.5) is 0 Å². The van der Waals surface area contributed by atoms with Crippen LogP contribution in [0.15, 0.2) is 63.9 Å². The summed E-state index contributed by atoms with van der Waals surface area (Å²) < 4.78 is 37.3. The van der Waals surface area contributed by atoms with Gasteiger partial charge in [0.1, 0.15) is 18.1 Å². The Kier molecular flexibility index (Phi) is 7.91. The van der Waals surface area contributed by atoms with E-state index >= 15 is 0 Å². The lowest BCUT2D eigenvalue weighted by Crippen LogP contribution is -2.33. The van der Waals surface area contributed by atoms with Crippen LogP contribution in [-0.2, 0) is 30.9 Å². The molecule has 33 heavy (non-hydrogen) atoms. The molecule has 0 saturated carbocycles. The topological polar surface area (TPSA) is 115 Å². The van der Waals surface area contributed by atoms with E-state index in [4.69, 9.17) is 20.8 Å². The number of amides is 1. The van der Waals surface area contributed by atoms with Gasteiger partial charge in [0.15, 0.2) is 6.61 Å². The molecule has 1 aromatic heterocycles. The second kappa shape index (κ2) is 10.7. The molecule has 0 fully saturated rings. The lowest BCUT2D eigenvalue weighted by molar-refractivity contribution is -0.147. The third-order valence-corrected chi connectivity index (χ3v) is 6.46. The minimum absolute atomic E-state index is 0.0487. The van der Waals surface area contributed by atoms with Gasteiger partial charge in [0, 0.05) is 10.6 Å². The van der Waals surface area contributed by atoms with Crippen LogP contribution < -0.4 is 10.0 Å². The summed E-state index contributed by atoms with van der Waals surface area (Å²) in [4.78, 5) is 23.8. The Hall–Kier alpha value is -3.14. The van der Waals surface area contributed by atoms with E-state index in [9.17, 15) is 18.0 Å². The van der Waals surface area contributed by atoms with Crippen molar-refractivity contribution in [2.45, 2.75) is 25.3 Å². The van der Waals surface area contributed by atoms with Gasteiger partial charge in [-0.25, -0.2) is 8.42 Å². The molecule has 2 aromatic carbocycles. The average molecular weight is 491 g/mol. The minimum atomic E-state index is -3.87. The normalized spacial score (nSPS) is 11.2. The summed E-state index contributed by atoms with van der Waals surface area (Å²) in [6.45, 7) is 2.62. The zero-order chi connectivity index (χ0) is 24.0. The molecule has 0 aliphatic rings. The van der Waals surface area contributed by atoms with Crippen molar-refractivity contribution < 1.29 is 27.2 Å². The highest BCUT2D eigenvalue weighted by atomic mass is 35.5. The maximum absolute atomic E-state index is 12.3. The molecule has 1 heterocycles. The molecule has 0 aliphatic carbocycles. The maximum Gasteiger partial charge on any atom is 0.321 e. The highest BCUT2D eigenvalue weighted by Gasteiger charge is 2.17. The van der Waals surface area contributed by atoms with Crippen LogP contribution in [0, 0.1) is 13.8 Å². The van der Waals surface area contributed by atoms with Crippen LogP contribution in [0.25, 0.3) is 11.3 Å². The molecule has 0 saturated heterocycles. The van der Waals surface area contributed by atoms with Crippen molar-refractivity contribution in [2.75, 3.05) is 13.2 Å². The molecule has 174 valence electrons. The molecule has 1 amide bonds. The van der Waals surface area contributed by atoms with Gasteiger partial charge in [-0.1, -0.05) is 17.7 Å². The summed E-state index contributed by atoms with van der Waals surface area (Å²) in [5.41, 5.74) is 2.61. The number of hydrogen-bond donors (Lipinski definition) is 2. The van der Waals surface area contributed by atoms with Crippen molar-refractivity contribution in [3.8, 4) is 11.3 Å². The van der Waals surface area contributed by atoms with Crippen molar-refractivity contribution in [3.05, 3.63) is 76.5 Å². The Balaban J connectivity index is 1.42. The van der Waals surface area contributed by atoms with Crippen molar-refractivity contribution in [1.29, 1.82) is 0 Å². The number of sulfonamides is 1. The number of ether oxygens (including phenoxy) is 1. The SMILES string of the molecule is Cc1ccc(S(=O)(=O)NCC(=O)OCC(=O)NCc2ccc(-c3ccc(Cl)cc3)o2)cc1C. The Morgan fingerprint density at radius 1 is 1.00 bits per heavy atom. The van der Waals surface area contributed by atoms with Gasteiger partial charge in [-0.15, -0.1) is 0 Å². The lowest BCUT2D eigenvalue weighted by atomic mass is 10.1. The van der Waals surface area contributed by atoms with Crippen molar-refractivity contribution in [2.24, 2.45) is 0 Å². The number of aryl methyl sites for hydroxylation is 2. The molecule has 8 nitrogen and oxygen atoms in total. The van der Waals surface area contributed by atoms with Gasteiger partial charge in [-0.05, 0) is 73.5 Å². The van der Waals surface area contributed by atoms with E-state index in [1.54, 1.807) is 37.3 Å². The number of carbonyl (C=O) groups excluding carboxylic acids is 2. The van der Waals surface area contributed by atoms with Crippen LogP contribution in [0.3, 0.4) is 0 Å². The van der Waals surface area contributed by atoms with Crippen molar-refractivity contribution >= 4 is 33.5 Å². The fourth-order valence-electron chi connectivity index (χ4n) is 2.79. The van der Waals surface area contributed by atoms with E-state index in [1.165, 1.54) is 12.1 Å². The summed E-state index contributed by atoms with van der Waals surface area (Å²) in [5.74, 6) is -0.287. The third kappa shape index (κ3) is 6.92. The molecule has 2 N–H and O–H groups in total. The van der Waals surface area contributed by atoms with Crippen LogP contribution in [-0.4, -0.2) is 33.4 Å². The van der Waals surface area contributed by atoms with E-state index in [1.807, 2.05) is 19.1 Å². The molecule has 3 aromatic rings. The zero-order valence-electron chi connectivity index (χ0n) is 18.1. The molecule has 0 atom stereocenters. The molecule has 10 heteroatoms. The number of halogens is 1. The van der Waals surface area contributed by atoms with E-state index in [-0.39, 0.29) is 11.4 Å². The quantitative estimate of drug-likeness (QED) is 0.444. The molecule has 0 radical (unpaired) electrons. The summed E-state index contributed by atoms with van der Waals surface area (Å²) in [5, 5.41) is 3.18. The van der Waals surface area contributed by atoms with Crippen LogP contribution in [0.1, 0.15) is 16.9 Å². The van der Waals surface area contributed by atoms with Gasteiger partial charge in [-0.3, -0.25) is 9.59 Å². The van der Waals surface area contributed by atoms with E-state index < -0.39 is 35.1 Å². The minimum Gasteiger partial charge on any atom is -0.459 e. The van der Waals surface area contributed by atoms with E-state index in [0.717, 1.165) is 16.7 Å². The maximum atomic E-state index is 12.3. The van der Waals surface area contributed by atoms with E-state index in [0.29, 0.717) is 16.5 Å². The summed E-state index contributed by atoms with van der Waals surface area (Å²) in [7, 11) is -3.87. The highest BCUT2D eigenvalue weighted by molar-refractivity contribution is 7.89. The average Bonchev–Trinajstić information content (AvgIpc) is 3.26. The second-order valence-corrected chi connectivity index (χ2v) is 9.48. The summed E-state index contributed by atoms with van der Waals surface area (Å²) in [6, 6.07) is 15.3. The first kappa shape index (κ1) is 24.5.